The quantitative estimate of drug-likeness (QED) is 0.669. The lowest BCUT2D eigenvalue weighted by atomic mass is 10.2. The minimum atomic E-state index is -0.609. The van der Waals surface area contributed by atoms with Crippen molar-refractivity contribution in [1.29, 1.82) is 0 Å². The SMILES string of the molecule is CC(C)(C)OC(=O)Nc1ccc(F)cc1NCc1ccc(I)o1. The van der Waals surface area contributed by atoms with Crippen molar-refractivity contribution in [1.82, 2.24) is 0 Å². The summed E-state index contributed by atoms with van der Waals surface area (Å²) in [5.41, 5.74) is 0.270. The van der Waals surface area contributed by atoms with Gasteiger partial charge in [-0.25, -0.2) is 9.18 Å². The van der Waals surface area contributed by atoms with Crippen LogP contribution < -0.4 is 10.6 Å². The molecule has 5 nitrogen and oxygen atoms in total. The fraction of sp³-hybridized carbons (Fsp3) is 0.312. The molecule has 0 bridgehead atoms. The lowest BCUT2D eigenvalue weighted by molar-refractivity contribution is 0.0636. The van der Waals surface area contributed by atoms with Gasteiger partial charge in [0.25, 0.3) is 0 Å². The number of carbonyl (C=O) groups is 1. The summed E-state index contributed by atoms with van der Waals surface area (Å²) >= 11 is 2.07. The topological polar surface area (TPSA) is 63.5 Å². The van der Waals surface area contributed by atoms with Crippen molar-refractivity contribution in [2.45, 2.75) is 32.9 Å². The van der Waals surface area contributed by atoms with Gasteiger partial charge in [-0.05, 0) is 73.7 Å². The van der Waals surface area contributed by atoms with Gasteiger partial charge in [-0.3, -0.25) is 5.32 Å². The van der Waals surface area contributed by atoms with Crippen LogP contribution in [0.25, 0.3) is 0 Å². The van der Waals surface area contributed by atoms with E-state index in [-0.39, 0.29) is 0 Å². The number of ether oxygens (including phenoxy) is 1. The first-order valence-electron chi connectivity index (χ1n) is 7.00. The van der Waals surface area contributed by atoms with Crippen LogP contribution in [0, 0.1) is 9.58 Å². The number of hydrogen-bond acceptors (Lipinski definition) is 4. The minimum Gasteiger partial charge on any atom is -0.454 e. The molecule has 2 rings (SSSR count). The number of halogens is 2. The second-order valence-electron chi connectivity index (χ2n) is 5.88. The first kappa shape index (κ1) is 17.6. The van der Waals surface area contributed by atoms with Crippen LogP contribution in [0.5, 0.6) is 0 Å². The molecular weight excluding hydrogens is 414 g/mol. The van der Waals surface area contributed by atoms with E-state index in [1.807, 2.05) is 12.1 Å². The molecule has 0 fully saturated rings. The molecule has 0 saturated carbocycles. The van der Waals surface area contributed by atoms with E-state index in [0.29, 0.717) is 23.7 Å². The average molecular weight is 432 g/mol. The van der Waals surface area contributed by atoms with Gasteiger partial charge < -0.3 is 14.5 Å². The van der Waals surface area contributed by atoms with Crippen LogP contribution in [0.2, 0.25) is 0 Å². The fourth-order valence-electron chi connectivity index (χ4n) is 1.81. The monoisotopic (exact) mass is 432 g/mol. The van der Waals surface area contributed by atoms with Crippen molar-refractivity contribution in [3.05, 3.63) is 45.7 Å². The molecule has 0 atom stereocenters. The molecule has 0 unspecified atom stereocenters. The summed E-state index contributed by atoms with van der Waals surface area (Å²) in [5, 5.41) is 5.66. The fourth-order valence-corrected chi connectivity index (χ4v) is 2.28. The highest BCUT2D eigenvalue weighted by molar-refractivity contribution is 14.1. The zero-order valence-corrected chi connectivity index (χ0v) is 15.2. The predicted octanol–water partition coefficient (Wildman–Crippen LogP) is 4.98. The number of carbonyl (C=O) groups excluding carboxylic acids is 1. The van der Waals surface area contributed by atoms with Crippen LogP contribution in [0.15, 0.2) is 34.7 Å². The molecule has 0 spiro atoms. The molecule has 0 saturated heterocycles. The minimum absolute atomic E-state index is 0.370. The van der Waals surface area contributed by atoms with Crippen molar-refractivity contribution in [2.24, 2.45) is 0 Å². The largest absolute Gasteiger partial charge is 0.454 e. The zero-order valence-electron chi connectivity index (χ0n) is 13.1. The number of amides is 1. The van der Waals surface area contributed by atoms with E-state index in [0.717, 1.165) is 3.77 Å². The molecule has 124 valence electrons. The highest BCUT2D eigenvalue weighted by Gasteiger charge is 2.17. The van der Waals surface area contributed by atoms with Gasteiger partial charge in [0.05, 0.1) is 17.9 Å². The van der Waals surface area contributed by atoms with E-state index in [1.54, 1.807) is 20.8 Å². The van der Waals surface area contributed by atoms with Crippen LogP contribution in [-0.2, 0) is 11.3 Å². The summed E-state index contributed by atoms with van der Waals surface area (Å²) in [4.78, 5) is 11.9. The molecule has 0 aliphatic rings. The van der Waals surface area contributed by atoms with Gasteiger partial charge in [-0.15, -0.1) is 0 Å². The molecule has 0 aliphatic heterocycles. The molecular formula is C16H18FIN2O3. The van der Waals surface area contributed by atoms with Gasteiger partial charge in [-0.2, -0.15) is 0 Å². The van der Waals surface area contributed by atoms with E-state index in [1.165, 1.54) is 18.2 Å². The summed E-state index contributed by atoms with van der Waals surface area (Å²) in [6.45, 7) is 5.69. The van der Waals surface area contributed by atoms with Crippen molar-refractivity contribution < 1.29 is 18.3 Å². The number of anilines is 2. The molecule has 0 radical (unpaired) electrons. The van der Waals surface area contributed by atoms with Crippen molar-refractivity contribution in [3.8, 4) is 0 Å². The molecule has 7 heteroatoms. The third-order valence-electron chi connectivity index (χ3n) is 2.70. The van der Waals surface area contributed by atoms with Crippen LogP contribution in [0.4, 0.5) is 20.6 Å². The van der Waals surface area contributed by atoms with Gasteiger partial charge >= 0.3 is 6.09 Å². The summed E-state index contributed by atoms with van der Waals surface area (Å²) in [6, 6.07) is 7.72. The molecule has 1 heterocycles. The first-order chi connectivity index (χ1) is 10.7. The number of furan rings is 1. The van der Waals surface area contributed by atoms with E-state index in [9.17, 15) is 9.18 Å². The molecule has 23 heavy (non-hydrogen) atoms. The Bertz CT molecular complexity index is 695. The number of hydrogen-bond donors (Lipinski definition) is 2. The Morgan fingerprint density at radius 2 is 2.00 bits per heavy atom. The Hall–Kier alpha value is -1.77. The van der Waals surface area contributed by atoms with E-state index in [2.05, 4.69) is 33.2 Å². The van der Waals surface area contributed by atoms with Gasteiger partial charge in [-0.1, -0.05) is 0 Å². The average Bonchev–Trinajstić information content (AvgIpc) is 2.82. The van der Waals surface area contributed by atoms with Crippen molar-refractivity contribution in [2.75, 3.05) is 10.6 Å². The molecule has 1 amide bonds. The van der Waals surface area contributed by atoms with E-state index in [4.69, 9.17) is 9.15 Å². The molecule has 2 N–H and O–H groups in total. The molecule has 2 aromatic rings. The van der Waals surface area contributed by atoms with Crippen LogP contribution in [0.1, 0.15) is 26.5 Å². The summed E-state index contributed by atoms with van der Waals surface area (Å²) in [5.74, 6) is 0.304. The number of rotatable bonds is 4. The van der Waals surface area contributed by atoms with Crippen molar-refractivity contribution >= 4 is 40.1 Å². The molecule has 0 aliphatic carbocycles. The second-order valence-corrected chi connectivity index (χ2v) is 6.94. The maximum absolute atomic E-state index is 13.5. The van der Waals surface area contributed by atoms with Gasteiger partial charge in [0, 0.05) is 0 Å². The highest BCUT2D eigenvalue weighted by atomic mass is 127. The Kier molecular flexibility index (Phi) is 5.51. The zero-order chi connectivity index (χ0) is 17.0. The summed E-state index contributed by atoms with van der Waals surface area (Å²) < 4.78 is 24.9. The number of nitrogens with one attached hydrogen (secondary N) is 2. The van der Waals surface area contributed by atoms with E-state index >= 15 is 0 Å². The Balaban J connectivity index is 2.09. The van der Waals surface area contributed by atoms with Gasteiger partial charge in [0.15, 0.2) is 3.77 Å². The Morgan fingerprint density at radius 3 is 2.61 bits per heavy atom. The normalized spacial score (nSPS) is 11.2. The van der Waals surface area contributed by atoms with Gasteiger partial charge in [0.2, 0.25) is 0 Å². The van der Waals surface area contributed by atoms with E-state index < -0.39 is 17.5 Å². The summed E-state index contributed by atoms with van der Waals surface area (Å²) in [6.07, 6.45) is -0.597. The van der Waals surface area contributed by atoms with Crippen LogP contribution >= 0.6 is 22.6 Å². The molecule has 1 aromatic heterocycles. The lowest BCUT2D eigenvalue weighted by Gasteiger charge is -2.20. The maximum Gasteiger partial charge on any atom is 0.412 e. The Labute approximate surface area is 147 Å². The Morgan fingerprint density at radius 1 is 1.26 bits per heavy atom. The van der Waals surface area contributed by atoms with Crippen LogP contribution in [-0.4, -0.2) is 11.7 Å². The number of benzene rings is 1. The third-order valence-corrected chi connectivity index (χ3v) is 3.28. The standard InChI is InChI=1S/C16H18FIN2O3/c1-16(2,3)23-15(21)20-12-6-4-10(17)8-13(12)19-9-11-5-7-14(18)22-11/h4-8,19H,9H2,1-3H3,(H,20,21). The second kappa shape index (κ2) is 7.20. The maximum atomic E-state index is 13.5. The van der Waals surface area contributed by atoms with Crippen molar-refractivity contribution in [3.63, 3.8) is 0 Å². The summed E-state index contributed by atoms with van der Waals surface area (Å²) in [7, 11) is 0. The van der Waals surface area contributed by atoms with Crippen LogP contribution in [0.3, 0.4) is 0 Å². The predicted molar refractivity (Wildman–Crippen MR) is 95.0 cm³/mol. The van der Waals surface area contributed by atoms with Gasteiger partial charge in [0.1, 0.15) is 17.2 Å². The lowest BCUT2D eigenvalue weighted by Crippen LogP contribution is -2.27. The third kappa shape index (κ3) is 5.74. The molecule has 1 aromatic carbocycles. The smallest absolute Gasteiger partial charge is 0.412 e. The highest BCUT2D eigenvalue weighted by Crippen LogP contribution is 2.24. The first-order valence-corrected chi connectivity index (χ1v) is 8.08.